The first-order valence-corrected chi connectivity index (χ1v) is 10.4. The van der Waals surface area contributed by atoms with Crippen LogP contribution in [0.1, 0.15) is 32.3 Å². The minimum absolute atomic E-state index is 0.117. The first kappa shape index (κ1) is 18.7. The van der Waals surface area contributed by atoms with Gasteiger partial charge in [0.2, 0.25) is 11.4 Å². The van der Waals surface area contributed by atoms with E-state index in [2.05, 4.69) is 0 Å². The fourth-order valence-electron chi connectivity index (χ4n) is 4.29. The molecule has 1 aliphatic carbocycles. The maximum atomic E-state index is 11.8. The van der Waals surface area contributed by atoms with Crippen LogP contribution in [-0.4, -0.2) is 29.5 Å². The second-order valence-corrected chi connectivity index (χ2v) is 9.11. The minimum Gasteiger partial charge on any atom is -0.467 e. The number of para-hydroxylation sites is 1. The van der Waals surface area contributed by atoms with Crippen LogP contribution >= 0.6 is 0 Å². The van der Waals surface area contributed by atoms with E-state index in [1.807, 2.05) is 26.0 Å². The van der Waals surface area contributed by atoms with Gasteiger partial charge in [-0.15, -0.1) is 0 Å². The Hall–Kier alpha value is -2.65. The third kappa shape index (κ3) is 2.65. The molecule has 1 aromatic carbocycles. The van der Waals surface area contributed by atoms with Gasteiger partial charge in [-0.2, -0.15) is 8.42 Å². The van der Waals surface area contributed by atoms with E-state index in [0.717, 1.165) is 5.56 Å². The van der Waals surface area contributed by atoms with Crippen molar-refractivity contribution in [2.45, 2.75) is 37.8 Å². The van der Waals surface area contributed by atoms with Crippen molar-refractivity contribution >= 4 is 15.8 Å². The molecule has 148 valence electrons. The molecule has 0 aromatic heterocycles. The summed E-state index contributed by atoms with van der Waals surface area (Å²) in [6.45, 7) is 3.90. The van der Waals surface area contributed by atoms with Crippen molar-refractivity contribution in [2.75, 3.05) is 10.8 Å². The number of ether oxygens (including phenoxy) is 1. The highest BCUT2D eigenvalue weighted by molar-refractivity contribution is 7.85. The molecule has 2 heterocycles. The highest BCUT2D eigenvalue weighted by atomic mass is 32.2. The van der Waals surface area contributed by atoms with Gasteiger partial charge in [-0.05, 0) is 37.6 Å². The first-order valence-electron chi connectivity index (χ1n) is 8.84. The predicted molar refractivity (Wildman–Crippen MR) is 103 cm³/mol. The highest BCUT2D eigenvalue weighted by Crippen LogP contribution is 2.55. The number of nitrogens with zero attached hydrogens (tertiary/aromatic N) is 2. The normalized spacial score (nSPS) is 25.2. The lowest BCUT2D eigenvalue weighted by Gasteiger charge is -2.47. The van der Waals surface area contributed by atoms with E-state index < -0.39 is 32.1 Å². The fraction of sp³-hybridized carbons (Fsp3) is 0.368. The number of hydrogen-bond donors (Lipinski definition) is 1. The van der Waals surface area contributed by atoms with E-state index in [1.54, 1.807) is 29.2 Å². The van der Waals surface area contributed by atoms with Crippen LogP contribution in [0.25, 0.3) is 0 Å². The quantitative estimate of drug-likeness (QED) is 0.468. The van der Waals surface area contributed by atoms with Gasteiger partial charge in [-0.3, -0.25) is 14.7 Å². The van der Waals surface area contributed by atoms with Crippen LogP contribution in [0.3, 0.4) is 0 Å². The van der Waals surface area contributed by atoms with Crippen LogP contribution in [0.5, 0.6) is 0 Å². The van der Waals surface area contributed by atoms with Crippen LogP contribution in [0, 0.1) is 10.1 Å². The Balaban J connectivity index is 1.84. The fourth-order valence-corrected chi connectivity index (χ4v) is 4.95. The summed E-state index contributed by atoms with van der Waals surface area (Å²) in [5, 5.41) is 11.1. The van der Waals surface area contributed by atoms with Crippen molar-refractivity contribution in [3.8, 4) is 0 Å². The van der Waals surface area contributed by atoms with Crippen LogP contribution in [0.4, 0.5) is 5.69 Å². The summed E-state index contributed by atoms with van der Waals surface area (Å²) < 4.78 is 39.5. The Morgan fingerprint density at radius 3 is 2.68 bits per heavy atom. The maximum absolute atomic E-state index is 11.8. The second-order valence-electron chi connectivity index (χ2n) is 7.68. The molecular formula is C19H20N2O6S. The van der Waals surface area contributed by atoms with Gasteiger partial charge in [0.1, 0.15) is 11.6 Å². The van der Waals surface area contributed by atoms with E-state index in [9.17, 15) is 23.1 Å². The van der Waals surface area contributed by atoms with Crippen LogP contribution in [0.2, 0.25) is 0 Å². The van der Waals surface area contributed by atoms with E-state index in [1.165, 1.54) is 6.08 Å². The number of rotatable bonds is 3. The average Bonchev–Trinajstić information content (AvgIpc) is 2.79. The highest BCUT2D eigenvalue weighted by Gasteiger charge is 2.59. The Morgan fingerprint density at radius 2 is 2.00 bits per heavy atom. The molecule has 0 amide bonds. The largest absolute Gasteiger partial charge is 0.467 e. The maximum Gasteiger partial charge on any atom is 0.283 e. The molecular weight excluding hydrogens is 384 g/mol. The van der Waals surface area contributed by atoms with Crippen molar-refractivity contribution in [1.82, 2.24) is 0 Å². The third-order valence-corrected chi connectivity index (χ3v) is 6.30. The van der Waals surface area contributed by atoms with Crippen LogP contribution < -0.4 is 4.90 Å². The number of nitro groups is 1. The molecule has 0 saturated carbocycles. The zero-order valence-electron chi connectivity index (χ0n) is 15.5. The molecule has 0 fully saturated rings. The lowest BCUT2D eigenvalue weighted by Crippen LogP contribution is -2.58. The van der Waals surface area contributed by atoms with Gasteiger partial charge < -0.3 is 9.64 Å². The van der Waals surface area contributed by atoms with Crippen molar-refractivity contribution in [1.29, 1.82) is 0 Å². The Morgan fingerprint density at radius 1 is 1.29 bits per heavy atom. The zero-order valence-corrected chi connectivity index (χ0v) is 16.3. The summed E-state index contributed by atoms with van der Waals surface area (Å²) in [6, 6.07) is 7.38. The summed E-state index contributed by atoms with van der Waals surface area (Å²) in [4.78, 5) is 12.2. The number of anilines is 1. The summed E-state index contributed by atoms with van der Waals surface area (Å²) >= 11 is 0. The monoisotopic (exact) mass is 404 g/mol. The van der Waals surface area contributed by atoms with Crippen molar-refractivity contribution in [2.24, 2.45) is 0 Å². The summed E-state index contributed by atoms with van der Waals surface area (Å²) in [5.74, 6) is -0.0505. The molecule has 28 heavy (non-hydrogen) atoms. The summed E-state index contributed by atoms with van der Waals surface area (Å²) in [7, 11) is -4.33. The van der Waals surface area contributed by atoms with Crippen molar-refractivity contribution < 1.29 is 22.6 Å². The predicted octanol–water partition coefficient (Wildman–Crippen LogP) is 3.12. The molecule has 3 aliphatic rings. The van der Waals surface area contributed by atoms with Crippen LogP contribution in [0.15, 0.2) is 59.5 Å². The third-order valence-electron chi connectivity index (χ3n) is 5.71. The van der Waals surface area contributed by atoms with Crippen LogP contribution in [-0.2, 0) is 20.3 Å². The summed E-state index contributed by atoms with van der Waals surface area (Å²) in [5.41, 5.74) is 0.469. The zero-order chi connectivity index (χ0) is 20.3. The topological polar surface area (TPSA) is 110 Å². The van der Waals surface area contributed by atoms with Crippen molar-refractivity contribution in [3.05, 3.63) is 75.2 Å². The van der Waals surface area contributed by atoms with Gasteiger partial charge in [-0.1, -0.05) is 18.2 Å². The Labute approximate surface area is 162 Å². The summed E-state index contributed by atoms with van der Waals surface area (Å²) in [6.07, 6.45) is 5.55. The number of hydrogen-bond acceptors (Lipinski definition) is 6. The second kappa shape index (κ2) is 5.92. The van der Waals surface area contributed by atoms with Gasteiger partial charge in [0.15, 0.2) is 0 Å². The van der Waals surface area contributed by atoms with E-state index in [0.29, 0.717) is 23.4 Å². The van der Waals surface area contributed by atoms with E-state index >= 15 is 0 Å². The van der Waals surface area contributed by atoms with Gasteiger partial charge in [0, 0.05) is 30.2 Å². The SMILES string of the molecule is CC1(C)c2ccccc2N(CS(=O)(=O)O)C12C=CC1=C(CCC([N+](=O)[O-])=C1)O2. The van der Waals surface area contributed by atoms with Crippen molar-refractivity contribution in [3.63, 3.8) is 0 Å². The Kier molecular flexibility index (Phi) is 3.95. The van der Waals surface area contributed by atoms with Gasteiger partial charge in [0.05, 0.1) is 10.3 Å². The number of fused-ring (bicyclic) bond motifs is 1. The first-order chi connectivity index (χ1) is 13.1. The molecule has 1 aromatic rings. The molecule has 1 atom stereocenters. The average molecular weight is 404 g/mol. The lowest BCUT2D eigenvalue weighted by molar-refractivity contribution is -0.428. The standard InChI is InChI=1S/C19H20N2O6S/c1-18(2)15-5-3-4-6-16(15)20(12-28(24,25)26)19(18)10-9-13-11-14(21(22)23)7-8-17(13)27-19/h3-6,9-11H,7-8,12H2,1-2H3,(H,24,25,26). The van der Waals surface area contributed by atoms with Gasteiger partial charge in [-0.25, -0.2) is 0 Å². The molecule has 0 saturated heterocycles. The minimum atomic E-state index is -4.33. The molecule has 1 unspecified atom stereocenters. The molecule has 9 heteroatoms. The lowest BCUT2D eigenvalue weighted by atomic mass is 9.76. The molecule has 8 nitrogen and oxygen atoms in total. The van der Waals surface area contributed by atoms with E-state index in [-0.39, 0.29) is 12.1 Å². The molecule has 0 bridgehead atoms. The molecule has 2 aliphatic heterocycles. The Bertz CT molecular complexity index is 1070. The molecule has 1 N–H and O–H groups in total. The van der Waals surface area contributed by atoms with Gasteiger partial charge >= 0.3 is 0 Å². The van der Waals surface area contributed by atoms with Gasteiger partial charge in [0.25, 0.3) is 10.1 Å². The molecule has 1 spiro atoms. The molecule has 4 rings (SSSR count). The van der Waals surface area contributed by atoms with E-state index in [4.69, 9.17) is 4.74 Å². The smallest absolute Gasteiger partial charge is 0.283 e. The molecule has 0 radical (unpaired) electrons. The number of benzene rings is 1. The number of allylic oxidation sites excluding steroid dienone is 5.